The Hall–Kier alpha value is -6.52. The maximum Gasteiger partial charge on any atom is 0.121 e. The van der Waals surface area contributed by atoms with E-state index in [2.05, 4.69) is 170 Å². The Kier molecular flexibility index (Phi) is 8.05. The van der Waals surface area contributed by atoms with Crippen LogP contribution in [0.2, 0.25) is 0 Å². The van der Waals surface area contributed by atoms with Gasteiger partial charge in [-0.3, -0.25) is 0 Å². The Morgan fingerprint density at radius 3 is 1.92 bits per heavy atom. The SMILES string of the molecule is CCC(c1ccc(-n2nnc(-c3ccccc3)c2-c2ccccc2)cc1)c1ccccc1-c1c(C)ccc2c3ccccc3n(-c3ccccc3)c12. The molecule has 0 bridgehead atoms. The molecule has 9 rings (SSSR count). The summed E-state index contributed by atoms with van der Waals surface area (Å²) in [6, 6.07) is 62.8. The van der Waals surface area contributed by atoms with Gasteiger partial charge in [-0.1, -0.05) is 158 Å². The highest BCUT2D eigenvalue weighted by Crippen LogP contribution is 2.44. The second-order valence-corrected chi connectivity index (χ2v) is 13.4. The normalized spacial score (nSPS) is 12.0. The first kappa shape index (κ1) is 31.5. The van der Waals surface area contributed by atoms with Crippen molar-refractivity contribution in [2.24, 2.45) is 0 Å². The molecule has 7 aromatic carbocycles. The van der Waals surface area contributed by atoms with Crippen molar-refractivity contribution in [1.29, 1.82) is 0 Å². The maximum atomic E-state index is 4.70. The standard InChI is InChI=1S/C48H38N4/c1-3-39(34-28-30-38(31-29-34)52-47(36-19-9-5-10-20-36)46(49-50-52)35-17-7-4-8-18-35)40-23-13-14-25-42(40)45-33(2)27-32-43-41-24-15-16-26-44(41)51(48(43)45)37-21-11-6-12-22-37/h4-32,39H,3H2,1-2H3. The number of aromatic nitrogens is 4. The summed E-state index contributed by atoms with van der Waals surface area (Å²) in [4.78, 5) is 0. The van der Waals surface area contributed by atoms with Crippen LogP contribution in [0.5, 0.6) is 0 Å². The summed E-state index contributed by atoms with van der Waals surface area (Å²) >= 11 is 0. The van der Waals surface area contributed by atoms with Crippen LogP contribution >= 0.6 is 0 Å². The van der Waals surface area contributed by atoms with Crippen molar-refractivity contribution in [1.82, 2.24) is 19.6 Å². The van der Waals surface area contributed by atoms with E-state index in [1.807, 2.05) is 28.9 Å². The first-order chi connectivity index (χ1) is 25.7. The number of para-hydroxylation sites is 2. The third kappa shape index (κ3) is 5.32. The minimum atomic E-state index is 0.193. The largest absolute Gasteiger partial charge is 0.309 e. The lowest BCUT2D eigenvalue weighted by Gasteiger charge is -2.22. The number of benzene rings is 7. The van der Waals surface area contributed by atoms with Gasteiger partial charge in [-0.25, -0.2) is 4.68 Å². The van der Waals surface area contributed by atoms with Gasteiger partial charge in [0.15, 0.2) is 0 Å². The zero-order chi connectivity index (χ0) is 35.0. The quantitative estimate of drug-likeness (QED) is 0.161. The van der Waals surface area contributed by atoms with E-state index in [1.54, 1.807) is 0 Å². The molecule has 52 heavy (non-hydrogen) atoms. The number of hydrogen-bond donors (Lipinski definition) is 0. The topological polar surface area (TPSA) is 35.6 Å². The lowest BCUT2D eigenvalue weighted by Crippen LogP contribution is -2.05. The van der Waals surface area contributed by atoms with E-state index in [-0.39, 0.29) is 5.92 Å². The molecule has 4 nitrogen and oxygen atoms in total. The van der Waals surface area contributed by atoms with Crippen molar-refractivity contribution in [3.05, 3.63) is 193 Å². The third-order valence-electron chi connectivity index (χ3n) is 10.4. The molecule has 0 amide bonds. The molecule has 4 heteroatoms. The van der Waals surface area contributed by atoms with Gasteiger partial charge in [-0.15, -0.1) is 5.10 Å². The van der Waals surface area contributed by atoms with Crippen molar-refractivity contribution in [2.45, 2.75) is 26.2 Å². The summed E-state index contributed by atoms with van der Waals surface area (Å²) < 4.78 is 4.43. The minimum Gasteiger partial charge on any atom is -0.309 e. The van der Waals surface area contributed by atoms with Gasteiger partial charge in [0.05, 0.1) is 16.7 Å². The van der Waals surface area contributed by atoms with Crippen molar-refractivity contribution in [3.63, 3.8) is 0 Å². The van der Waals surface area contributed by atoms with Crippen molar-refractivity contribution < 1.29 is 0 Å². The molecule has 0 radical (unpaired) electrons. The van der Waals surface area contributed by atoms with Crippen LogP contribution in [0.25, 0.3) is 66.8 Å². The zero-order valence-electron chi connectivity index (χ0n) is 29.3. The van der Waals surface area contributed by atoms with Crippen LogP contribution in [0.3, 0.4) is 0 Å². The molecule has 1 unspecified atom stereocenters. The van der Waals surface area contributed by atoms with Crippen molar-refractivity contribution in [3.8, 4) is 45.0 Å². The predicted molar refractivity (Wildman–Crippen MR) is 215 cm³/mol. The van der Waals surface area contributed by atoms with E-state index >= 15 is 0 Å². The molecule has 1 atom stereocenters. The van der Waals surface area contributed by atoms with Crippen LogP contribution in [0.15, 0.2) is 176 Å². The van der Waals surface area contributed by atoms with Crippen molar-refractivity contribution in [2.75, 3.05) is 0 Å². The molecule has 0 saturated heterocycles. The second-order valence-electron chi connectivity index (χ2n) is 13.4. The fourth-order valence-corrected chi connectivity index (χ4v) is 7.96. The zero-order valence-corrected chi connectivity index (χ0v) is 29.3. The highest BCUT2D eigenvalue weighted by molar-refractivity contribution is 6.14. The molecule has 250 valence electrons. The molecule has 0 saturated carbocycles. The van der Waals surface area contributed by atoms with Gasteiger partial charge in [0.25, 0.3) is 0 Å². The summed E-state index contributed by atoms with van der Waals surface area (Å²) in [5, 5.41) is 11.9. The molecule has 9 aromatic rings. The fraction of sp³-hybridized carbons (Fsp3) is 0.0833. The lowest BCUT2D eigenvalue weighted by atomic mass is 9.83. The monoisotopic (exact) mass is 670 g/mol. The van der Waals surface area contributed by atoms with Gasteiger partial charge in [0.1, 0.15) is 11.4 Å². The van der Waals surface area contributed by atoms with E-state index < -0.39 is 0 Å². The Balaban J connectivity index is 1.17. The maximum absolute atomic E-state index is 4.70. The van der Waals surface area contributed by atoms with Gasteiger partial charge < -0.3 is 4.57 Å². The summed E-state index contributed by atoms with van der Waals surface area (Å²) in [5.41, 5.74) is 15.0. The average molecular weight is 671 g/mol. The molecule has 0 fully saturated rings. The van der Waals surface area contributed by atoms with E-state index in [4.69, 9.17) is 10.3 Å². The summed E-state index contributed by atoms with van der Waals surface area (Å²) in [5.74, 6) is 0.193. The summed E-state index contributed by atoms with van der Waals surface area (Å²) in [7, 11) is 0. The molecule has 0 spiro atoms. The van der Waals surface area contributed by atoms with Crippen molar-refractivity contribution >= 4 is 21.8 Å². The van der Waals surface area contributed by atoms with E-state index in [1.165, 1.54) is 55.3 Å². The minimum absolute atomic E-state index is 0.193. The van der Waals surface area contributed by atoms with Gasteiger partial charge in [-0.05, 0) is 65.9 Å². The predicted octanol–water partition coefficient (Wildman–Crippen LogP) is 12.2. The van der Waals surface area contributed by atoms with Crippen LogP contribution < -0.4 is 0 Å². The highest BCUT2D eigenvalue weighted by Gasteiger charge is 2.24. The Morgan fingerprint density at radius 2 is 1.19 bits per heavy atom. The van der Waals surface area contributed by atoms with Gasteiger partial charge >= 0.3 is 0 Å². The highest BCUT2D eigenvalue weighted by atomic mass is 15.4. The van der Waals surface area contributed by atoms with Crippen LogP contribution in [0.4, 0.5) is 0 Å². The van der Waals surface area contributed by atoms with E-state index in [9.17, 15) is 0 Å². The summed E-state index contributed by atoms with van der Waals surface area (Å²) in [6.07, 6.45) is 0.962. The van der Waals surface area contributed by atoms with Gasteiger partial charge in [-0.2, -0.15) is 0 Å². The van der Waals surface area contributed by atoms with Crippen LogP contribution in [-0.4, -0.2) is 19.6 Å². The van der Waals surface area contributed by atoms with Crippen LogP contribution in [0, 0.1) is 6.92 Å². The number of rotatable bonds is 8. The molecule has 2 heterocycles. The average Bonchev–Trinajstić information content (AvgIpc) is 3.80. The Bertz CT molecular complexity index is 2650. The Labute approximate surface area is 304 Å². The number of hydrogen-bond acceptors (Lipinski definition) is 2. The molecule has 0 aliphatic carbocycles. The summed E-state index contributed by atoms with van der Waals surface area (Å²) in [6.45, 7) is 4.54. The molecular weight excluding hydrogens is 633 g/mol. The molecular formula is C48H38N4. The number of nitrogens with zero attached hydrogens (tertiary/aromatic N) is 4. The van der Waals surface area contributed by atoms with Crippen LogP contribution in [0.1, 0.15) is 36.0 Å². The smallest absolute Gasteiger partial charge is 0.121 e. The van der Waals surface area contributed by atoms with Gasteiger partial charge in [0.2, 0.25) is 0 Å². The third-order valence-corrected chi connectivity index (χ3v) is 10.4. The molecule has 2 aromatic heterocycles. The Morgan fingerprint density at radius 1 is 0.558 bits per heavy atom. The number of aryl methyl sites for hydroxylation is 1. The van der Waals surface area contributed by atoms with E-state index in [0.29, 0.717) is 0 Å². The van der Waals surface area contributed by atoms with E-state index in [0.717, 1.165) is 34.6 Å². The lowest BCUT2D eigenvalue weighted by molar-refractivity contribution is 0.774. The van der Waals surface area contributed by atoms with Crippen LogP contribution in [-0.2, 0) is 0 Å². The van der Waals surface area contributed by atoms with Gasteiger partial charge in [0, 0.05) is 39.1 Å². The molecule has 0 N–H and O–H groups in total. The first-order valence-electron chi connectivity index (χ1n) is 18.1. The number of fused-ring (bicyclic) bond motifs is 3. The second kappa shape index (κ2) is 13.3. The molecule has 0 aliphatic heterocycles. The molecule has 0 aliphatic rings. The first-order valence-corrected chi connectivity index (χ1v) is 18.1. The fourth-order valence-electron chi connectivity index (χ4n) is 7.96.